The first-order chi connectivity index (χ1) is 11.1. The zero-order chi connectivity index (χ0) is 18.0. The van der Waals surface area contributed by atoms with Gasteiger partial charge in [-0.3, -0.25) is 10.1 Å². The van der Waals surface area contributed by atoms with Crippen molar-refractivity contribution in [2.45, 2.75) is 18.3 Å². The highest BCUT2D eigenvalue weighted by molar-refractivity contribution is 7.88. The normalized spacial score (nSPS) is 13.3. The van der Waals surface area contributed by atoms with Crippen molar-refractivity contribution in [3.63, 3.8) is 0 Å². The number of oxazole rings is 1. The van der Waals surface area contributed by atoms with Crippen LogP contribution < -0.4 is 9.50 Å². The minimum atomic E-state index is -5.73. The Kier molecular flexibility index (Phi) is 4.83. The number of aromatic nitrogens is 1. The standard InChI is InChI=1S/C13H11F3N2O5S/c1-8(11(19)18-12-17-6-7-22-12)9-2-4-10(5-3-9)23-24(20,21)13(14,15)16/h2-8H,1H3,(H,17,18,19)/t8-/m1/s1. The van der Waals surface area contributed by atoms with Gasteiger partial charge in [0.25, 0.3) is 0 Å². The Balaban J connectivity index is 2.07. The maximum atomic E-state index is 12.2. The molecule has 1 aromatic carbocycles. The summed E-state index contributed by atoms with van der Waals surface area (Å²) >= 11 is 0. The molecule has 0 aliphatic rings. The number of amides is 1. The fourth-order valence-corrected chi connectivity index (χ4v) is 2.10. The molecular weight excluding hydrogens is 353 g/mol. The molecule has 0 unspecified atom stereocenters. The first-order valence-corrected chi connectivity index (χ1v) is 7.82. The average Bonchev–Trinajstić information content (AvgIpc) is 2.98. The second-order valence-corrected chi connectivity index (χ2v) is 6.14. The molecule has 0 bridgehead atoms. The predicted octanol–water partition coefficient (Wildman–Crippen LogP) is 2.65. The van der Waals surface area contributed by atoms with Crippen LogP contribution >= 0.6 is 0 Å². The maximum Gasteiger partial charge on any atom is 0.534 e. The number of anilines is 1. The molecule has 24 heavy (non-hydrogen) atoms. The van der Waals surface area contributed by atoms with Gasteiger partial charge in [0.2, 0.25) is 5.91 Å². The zero-order valence-corrected chi connectivity index (χ0v) is 12.9. The predicted molar refractivity (Wildman–Crippen MR) is 75.6 cm³/mol. The van der Waals surface area contributed by atoms with Crippen LogP contribution in [-0.4, -0.2) is 24.8 Å². The number of hydrogen-bond acceptors (Lipinski definition) is 6. The number of halogens is 3. The Hall–Kier alpha value is -2.56. The maximum absolute atomic E-state index is 12.2. The summed E-state index contributed by atoms with van der Waals surface area (Å²) in [7, 11) is -5.73. The van der Waals surface area contributed by atoms with Crippen molar-refractivity contribution in [2.24, 2.45) is 0 Å². The monoisotopic (exact) mass is 364 g/mol. The van der Waals surface area contributed by atoms with Gasteiger partial charge in [0.1, 0.15) is 12.0 Å². The lowest BCUT2D eigenvalue weighted by Gasteiger charge is -2.12. The minimum absolute atomic E-state index is 0.00285. The fraction of sp³-hybridized carbons (Fsp3) is 0.231. The van der Waals surface area contributed by atoms with Crippen LogP contribution in [0.25, 0.3) is 0 Å². The molecule has 130 valence electrons. The van der Waals surface area contributed by atoms with E-state index in [1.54, 1.807) is 6.92 Å². The number of carbonyl (C=O) groups excluding carboxylic acids is 1. The van der Waals surface area contributed by atoms with Crippen molar-refractivity contribution in [2.75, 3.05) is 5.32 Å². The van der Waals surface area contributed by atoms with Crippen molar-refractivity contribution >= 4 is 22.0 Å². The van der Waals surface area contributed by atoms with E-state index in [1.165, 1.54) is 24.6 Å². The smallest absolute Gasteiger partial charge is 0.432 e. The topological polar surface area (TPSA) is 98.5 Å². The highest BCUT2D eigenvalue weighted by Gasteiger charge is 2.48. The molecule has 7 nitrogen and oxygen atoms in total. The van der Waals surface area contributed by atoms with Gasteiger partial charge >= 0.3 is 21.6 Å². The van der Waals surface area contributed by atoms with Crippen LogP contribution in [0.5, 0.6) is 5.75 Å². The van der Waals surface area contributed by atoms with Gasteiger partial charge < -0.3 is 8.60 Å². The number of benzene rings is 1. The number of nitrogens with one attached hydrogen (secondary N) is 1. The van der Waals surface area contributed by atoms with Crippen LogP contribution in [-0.2, 0) is 14.9 Å². The van der Waals surface area contributed by atoms with Crippen molar-refractivity contribution in [1.29, 1.82) is 0 Å². The number of hydrogen-bond donors (Lipinski definition) is 1. The molecule has 1 atom stereocenters. The summed E-state index contributed by atoms with van der Waals surface area (Å²) in [6.07, 6.45) is 2.61. The van der Waals surface area contributed by atoms with Gasteiger partial charge in [0.15, 0.2) is 0 Å². The molecule has 2 aromatic rings. The summed E-state index contributed by atoms with van der Waals surface area (Å²) in [5, 5.41) is 2.40. The summed E-state index contributed by atoms with van der Waals surface area (Å²) in [5.74, 6) is -1.67. The molecule has 1 heterocycles. The molecule has 0 radical (unpaired) electrons. The molecule has 1 N–H and O–H groups in total. The molecule has 0 fully saturated rings. The summed E-state index contributed by atoms with van der Waals surface area (Å²) < 4.78 is 67.3. The number of nitrogens with zero attached hydrogens (tertiary/aromatic N) is 1. The van der Waals surface area contributed by atoms with E-state index in [1.807, 2.05) is 0 Å². The second-order valence-electron chi connectivity index (χ2n) is 4.60. The van der Waals surface area contributed by atoms with Gasteiger partial charge in [-0.1, -0.05) is 12.1 Å². The van der Waals surface area contributed by atoms with Crippen LogP contribution in [0.4, 0.5) is 19.2 Å². The molecular formula is C13H11F3N2O5S. The van der Waals surface area contributed by atoms with E-state index in [2.05, 4.69) is 14.5 Å². The second kappa shape index (κ2) is 6.51. The molecule has 0 aliphatic heterocycles. The van der Waals surface area contributed by atoms with E-state index in [-0.39, 0.29) is 6.01 Å². The molecule has 1 amide bonds. The fourth-order valence-electron chi connectivity index (χ4n) is 1.64. The third-order valence-corrected chi connectivity index (χ3v) is 3.90. The average molecular weight is 364 g/mol. The Morgan fingerprint density at radius 1 is 1.29 bits per heavy atom. The minimum Gasteiger partial charge on any atom is -0.432 e. The number of alkyl halides is 3. The van der Waals surface area contributed by atoms with E-state index in [4.69, 9.17) is 4.42 Å². The molecule has 1 aromatic heterocycles. The van der Waals surface area contributed by atoms with Gasteiger partial charge in [0, 0.05) is 0 Å². The number of rotatable bonds is 5. The third kappa shape index (κ3) is 4.04. The molecule has 0 aliphatic carbocycles. The summed E-state index contributed by atoms with van der Waals surface area (Å²) in [4.78, 5) is 15.7. The summed E-state index contributed by atoms with van der Waals surface area (Å²) in [5.41, 5.74) is -5.09. The van der Waals surface area contributed by atoms with Gasteiger partial charge in [-0.15, -0.1) is 0 Å². The van der Waals surface area contributed by atoms with E-state index in [9.17, 15) is 26.4 Å². The van der Waals surface area contributed by atoms with Gasteiger partial charge in [-0.05, 0) is 24.6 Å². The van der Waals surface area contributed by atoms with Crippen molar-refractivity contribution in [1.82, 2.24) is 4.98 Å². The number of carbonyl (C=O) groups is 1. The van der Waals surface area contributed by atoms with E-state index in [0.717, 1.165) is 12.1 Å². The molecule has 11 heteroatoms. The first-order valence-electron chi connectivity index (χ1n) is 6.41. The highest BCUT2D eigenvalue weighted by Crippen LogP contribution is 2.28. The van der Waals surface area contributed by atoms with Crippen molar-refractivity contribution in [3.05, 3.63) is 42.3 Å². The van der Waals surface area contributed by atoms with Crippen LogP contribution in [0.2, 0.25) is 0 Å². The first kappa shape index (κ1) is 17.8. The molecule has 2 rings (SSSR count). The summed E-state index contributed by atoms with van der Waals surface area (Å²) in [6, 6.07) is 4.60. The lowest BCUT2D eigenvalue weighted by Crippen LogP contribution is -2.28. The van der Waals surface area contributed by atoms with Crippen LogP contribution in [0.1, 0.15) is 18.4 Å². The van der Waals surface area contributed by atoms with Crippen LogP contribution in [0.3, 0.4) is 0 Å². The van der Waals surface area contributed by atoms with Gasteiger partial charge in [0.05, 0.1) is 12.1 Å². The van der Waals surface area contributed by atoms with Gasteiger partial charge in [-0.2, -0.15) is 21.6 Å². The lowest BCUT2D eigenvalue weighted by atomic mass is 10.0. The van der Waals surface area contributed by atoms with E-state index >= 15 is 0 Å². The Bertz CT molecular complexity index is 801. The Morgan fingerprint density at radius 3 is 2.42 bits per heavy atom. The highest BCUT2D eigenvalue weighted by atomic mass is 32.2. The van der Waals surface area contributed by atoms with Crippen LogP contribution in [0, 0.1) is 0 Å². The zero-order valence-electron chi connectivity index (χ0n) is 12.1. The molecule has 0 saturated heterocycles. The third-order valence-electron chi connectivity index (χ3n) is 2.93. The largest absolute Gasteiger partial charge is 0.534 e. The molecule has 0 saturated carbocycles. The quantitative estimate of drug-likeness (QED) is 0.647. The van der Waals surface area contributed by atoms with Crippen molar-refractivity contribution < 1.29 is 35.0 Å². The lowest BCUT2D eigenvalue weighted by molar-refractivity contribution is -0.117. The van der Waals surface area contributed by atoms with Crippen LogP contribution in [0.15, 0.2) is 41.1 Å². The molecule has 0 spiro atoms. The van der Waals surface area contributed by atoms with Gasteiger partial charge in [-0.25, -0.2) is 4.98 Å². The Morgan fingerprint density at radius 2 is 1.92 bits per heavy atom. The van der Waals surface area contributed by atoms with E-state index in [0.29, 0.717) is 5.56 Å². The van der Waals surface area contributed by atoms with Crippen molar-refractivity contribution in [3.8, 4) is 5.75 Å². The van der Waals surface area contributed by atoms with E-state index < -0.39 is 33.2 Å². The SMILES string of the molecule is C[C@@H](C(=O)Nc1ncco1)c1ccc(OS(=O)(=O)C(F)(F)F)cc1. The summed E-state index contributed by atoms with van der Waals surface area (Å²) in [6.45, 7) is 1.54. The Labute approximate surface area is 134 Å².